The van der Waals surface area contributed by atoms with E-state index in [-0.39, 0.29) is 35.5 Å². The summed E-state index contributed by atoms with van der Waals surface area (Å²) >= 11 is 0. The predicted octanol–water partition coefficient (Wildman–Crippen LogP) is 0.0663. The molecule has 1 aliphatic rings. The minimum absolute atomic E-state index is 0.0661. The molecule has 3 atom stereocenters. The highest BCUT2D eigenvalue weighted by molar-refractivity contribution is 7.91. The summed E-state index contributed by atoms with van der Waals surface area (Å²) in [6.45, 7) is 5.72. The Hall–Kier alpha value is -0.620. The number of nitrogens with one attached hydrogen (secondary N) is 2. The summed E-state index contributed by atoms with van der Waals surface area (Å²) in [5.41, 5.74) is 0. The molecule has 6 heteroatoms. The van der Waals surface area contributed by atoms with Gasteiger partial charge < -0.3 is 10.6 Å². The molecule has 3 unspecified atom stereocenters. The second kappa shape index (κ2) is 5.82. The molecule has 0 aliphatic carbocycles. The lowest BCUT2D eigenvalue weighted by Crippen LogP contribution is -2.49. The zero-order chi connectivity index (χ0) is 13.1. The highest BCUT2D eigenvalue weighted by atomic mass is 32.2. The quantitative estimate of drug-likeness (QED) is 0.735. The average molecular weight is 262 g/mol. The third-order valence-corrected chi connectivity index (χ3v) is 4.88. The zero-order valence-corrected chi connectivity index (χ0v) is 11.5. The van der Waals surface area contributed by atoms with Crippen molar-refractivity contribution in [2.45, 2.75) is 51.7 Å². The van der Waals surface area contributed by atoms with Crippen molar-refractivity contribution in [1.82, 2.24) is 10.6 Å². The van der Waals surface area contributed by atoms with Gasteiger partial charge in [-0.2, -0.15) is 0 Å². The van der Waals surface area contributed by atoms with Crippen LogP contribution in [0.5, 0.6) is 0 Å². The number of carbonyl (C=O) groups excluding carboxylic acids is 1. The minimum Gasteiger partial charge on any atom is -0.352 e. The first kappa shape index (κ1) is 14.4. The molecule has 1 aliphatic heterocycles. The summed E-state index contributed by atoms with van der Waals surface area (Å²) in [7, 11) is -2.89. The van der Waals surface area contributed by atoms with Gasteiger partial charge in [0.05, 0.1) is 17.5 Å². The van der Waals surface area contributed by atoms with Crippen LogP contribution in [0.2, 0.25) is 0 Å². The molecule has 1 fully saturated rings. The van der Waals surface area contributed by atoms with Crippen LogP contribution < -0.4 is 10.6 Å². The molecule has 1 heterocycles. The molecule has 5 nitrogen and oxygen atoms in total. The minimum atomic E-state index is -2.89. The number of hydrogen-bond donors (Lipinski definition) is 2. The molecule has 0 spiro atoms. The van der Waals surface area contributed by atoms with Gasteiger partial charge in [0.2, 0.25) is 5.91 Å². The van der Waals surface area contributed by atoms with E-state index >= 15 is 0 Å². The molecular formula is C11H22N2O3S. The molecule has 0 aromatic heterocycles. The highest BCUT2D eigenvalue weighted by Crippen LogP contribution is 2.11. The first-order chi connectivity index (χ1) is 7.84. The van der Waals surface area contributed by atoms with Crippen LogP contribution in [0.4, 0.5) is 0 Å². The Morgan fingerprint density at radius 2 is 2.06 bits per heavy atom. The molecule has 2 N–H and O–H groups in total. The molecule has 100 valence electrons. The Balaban J connectivity index is 2.39. The van der Waals surface area contributed by atoms with Crippen molar-refractivity contribution in [2.24, 2.45) is 0 Å². The second-order valence-corrected chi connectivity index (χ2v) is 7.03. The van der Waals surface area contributed by atoms with Crippen LogP contribution in [-0.4, -0.2) is 44.0 Å². The Morgan fingerprint density at radius 3 is 2.53 bits per heavy atom. The summed E-state index contributed by atoms with van der Waals surface area (Å²) in [5.74, 6) is 0.307. The lowest BCUT2D eigenvalue weighted by Gasteiger charge is -2.20. The van der Waals surface area contributed by atoms with Crippen molar-refractivity contribution in [3.05, 3.63) is 0 Å². The van der Waals surface area contributed by atoms with Crippen molar-refractivity contribution in [3.8, 4) is 0 Å². The maximum absolute atomic E-state index is 11.7. The summed E-state index contributed by atoms with van der Waals surface area (Å²) in [6.07, 6.45) is 1.49. The number of rotatable bonds is 5. The molecule has 1 amide bonds. The second-order valence-electron chi connectivity index (χ2n) is 4.81. The van der Waals surface area contributed by atoms with Crippen molar-refractivity contribution >= 4 is 15.7 Å². The third-order valence-electron chi connectivity index (χ3n) is 3.11. The van der Waals surface area contributed by atoms with Gasteiger partial charge in [-0.1, -0.05) is 6.92 Å². The molecule has 0 aromatic rings. The van der Waals surface area contributed by atoms with Crippen LogP contribution >= 0.6 is 0 Å². The molecule has 1 saturated heterocycles. The van der Waals surface area contributed by atoms with Gasteiger partial charge >= 0.3 is 0 Å². The lowest BCUT2D eigenvalue weighted by atomic mass is 10.2. The van der Waals surface area contributed by atoms with Gasteiger partial charge in [-0.3, -0.25) is 4.79 Å². The van der Waals surface area contributed by atoms with Gasteiger partial charge in [-0.05, 0) is 26.7 Å². The molecule has 0 bridgehead atoms. The lowest BCUT2D eigenvalue weighted by molar-refractivity contribution is -0.123. The molecule has 0 saturated carbocycles. The van der Waals surface area contributed by atoms with Crippen molar-refractivity contribution in [3.63, 3.8) is 0 Å². The van der Waals surface area contributed by atoms with E-state index in [4.69, 9.17) is 0 Å². The molecule has 0 aromatic carbocycles. The largest absolute Gasteiger partial charge is 0.352 e. The number of amides is 1. The molecule has 1 rings (SSSR count). The normalized spacial score (nSPS) is 26.4. The fourth-order valence-corrected chi connectivity index (χ4v) is 3.51. The molecule has 0 radical (unpaired) electrons. The first-order valence-electron chi connectivity index (χ1n) is 6.11. The first-order valence-corrected chi connectivity index (χ1v) is 7.93. The van der Waals surface area contributed by atoms with Crippen molar-refractivity contribution < 1.29 is 13.2 Å². The van der Waals surface area contributed by atoms with Crippen LogP contribution in [-0.2, 0) is 14.6 Å². The fraction of sp³-hybridized carbons (Fsp3) is 0.909. The monoisotopic (exact) mass is 262 g/mol. The number of hydrogen-bond acceptors (Lipinski definition) is 4. The smallest absolute Gasteiger partial charge is 0.237 e. The van der Waals surface area contributed by atoms with Crippen molar-refractivity contribution in [1.29, 1.82) is 0 Å². The number of carbonyl (C=O) groups is 1. The fourth-order valence-electron chi connectivity index (χ4n) is 1.83. The maximum atomic E-state index is 11.7. The van der Waals surface area contributed by atoms with E-state index < -0.39 is 9.84 Å². The van der Waals surface area contributed by atoms with E-state index in [0.29, 0.717) is 6.42 Å². The van der Waals surface area contributed by atoms with E-state index in [9.17, 15) is 13.2 Å². The predicted molar refractivity (Wildman–Crippen MR) is 67.6 cm³/mol. The van der Waals surface area contributed by atoms with Gasteiger partial charge in [-0.25, -0.2) is 8.42 Å². The van der Waals surface area contributed by atoms with Gasteiger partial charge in [0, 0.05) is 12.1 Å². The Labute approximate surface area is 103 Å². The molecular weight excluding hydrogens is 240 g/mol. The summed E-state index contributed by atoms with van der Waals surface area (Å²) in [5, 5.41) is 5.95. The average Bonchev–Trinajstić information content (AvgIpc) is 2.57. The highest BCUT2D eigenvalue weighted by Gasteiger charge is 2.29. The van der Waals surface area contributed by atoms with E-state index in [1.807, 2.05) is 13.8 Å². The SMILES string of the molecule is CCC(C)NC(=O)C(C)NC1CCS(=O)(=O)C1. The van der Waals surface area contributed by atoms with Gasteiger partial charge in [0.1, 0.15) is 0 Å². The topological polar surface area (TPSA) is 75.3 Å². The van der Waals surface area contributed by atoms with Gasteiger partial charge in [0.15, 0.2) is 9.84 Å². The van der Waals surface area contributed by atoms with Crippen molar-refractivity contribution in [2.75, 3.05) is 11.5 Å². The Bertz CT molecular complexity index is 367. The Kier molecular flexibility index (Phi) is 4.94. The van der Waals surface area contributed by atoms with Crippen LogP contribution in [0.3, 0.4) is 0 Å². The van der Waals surface area contributed by atoms with E-state index in [0.717, 1.165) is 6.42 Å². The maximum Gasteiger partial charge on any atom is 0.237 e. The van der Waals surface area contributed by atoms with Crippen LogP contribution in [0.1, 0.15) is 33.6 Å². The molecule has 17 heavy (non-hydrogen) atoms. The zero-order valence-electron chi connectivity index (χ0n) is 10.7. The van der Waals surface area contributed by atoms with E-state index in [2.05, 4.69) is 10.6 Å². The van der Waals surface area contributed by atoms with Crippen LogP contribution in [0.15, 0.2) is 0 Å². The summed E-state index contributed by atoms with van der Waals surface area (Å²) in [6, 6.07) is -0.279. The standard InChI is InChI=1S/C11H22N2O3S/c1-4-8(2)12-11(14)9(3)13-10-5-6-17(15,16)7-10/h8-10,13H,4-7H2,1-3H3,(H,12,14). The number of sulfone groups is 1. The Morgan fingerprint density at radius 1 is 1.41 bits per heavy atom. The van der Waals surface area contributed by atoms with E-state index in [1.165, 1.54) is 0 Å². The van der Waals surface area contributed by atoms with Crippen LogP contribution in [0.25, 0.3) is 0 Å². The van der Waals surface area contributed by atoms with Gasteiger partial charge in [-0.15, -0.1) is 0 Å². The third kappa shape index (κ3) is 4.63. The summed E-state index contributed by atoms with van der Waals surface area (Å²) in [4.78, 5) is 11.7. The summed E-state index contributed by atoms with van der Waals surface area (Å²) < 4.78 is 22.6. The van der Waals surface area contributed by atoms with Gasteiger partial charge in [0.25, 0.3) is 0 Å². The van der Waals surface area contributed by atoms with Crippen LogP contribution in [0, 0.1) is 0 Å². The van der Waals surface area contributed by atoms with E-state index in [1.54, 1.807) is 6.92 Å².